The Morgan fingerprint density at radius 2 is 2.14 bits per heavy atom. The van der Waals surface area contributed by atoms with E-state index in [1.54, 1.807) is 4.68 Å². The number of anilines is 1. The number of carbonyl (C=O) groups is 1. The van der Waals surface area contributed by atoms with Gasteiger partial charge in [-0.25, -0.2) is 0 Å². The van der Waals surface area contributed by atoms with E-state index in [1.807, 2.05) is 44.6 Å². The smallest absolute Gasteiger partial charge is 0.229 e. The van der Waals surface area contributed by atoms with Crippen molar-refractivity contribution in [2.24, 2.45) is 13.0 Å². The number of rotatable bonds is 5. The monoisotopic (exact) mass is 384 g/mol. The molecule has 150 valence electrons. The number of hydrogen-bond acceptors (Lipinski definition) is 5. The topological polar surface area (TPSA) is 77.4 Å². The van der Waals surface area contributed by atoms with Crippen LogP contribution in [0.2, 0.25) is 0 Å². The van der Waals surface area contributed by atoms with Gasteiger partial charge in [0, 0.05) is 50.8 Å². The van der Waals surface area contributed by atoms with E-state index in [9.17, 15) is 4.79 Å². The molecule has 2 fully saturated rings. The fourth-order valence-electron chi connectivity index (χ4n) is 4.00. The first kappa shape index (κ1) is 19.0. The van der Waals surface area contributed by atoms with Gasteiger partial charge in [0.05, 0.1) is 25.3 Å². The highest BCUT2D eigenvalue weighted by molar-refractivity contribution is 5.93. The second-order valence-corrected chi connectivity index (χ2v) is 7.72. The molecule has 0 radical (unpaired) electrons. The van der Waals surface area contributed by atoms with Crippen LogP contribution in [0.5, 0.6) is 5.75 Å². The molecule has 2 aliphatic heterocycles. The zero-order chi connectivity index (χ0) is 19.5. The van der Waals surface area contributed by atoms with Crippen molar-refractivity contribution in [2.75, 3.05) is 31.6 Å². The van der Waals surface area contributed by atoms with Crippen molar-refractivity contribution < 1.29 is 14.3 Å². The molecule has 3 heterocycles. The molecule has 2 atom stereocenters. The maximum atomic E-state index is 12.9. The minimum absolute atomic E-state index is 0.0383. The van der Waals surface area contributed by atoms with Gasteiger partial charge in [0.25, 0.3) is 0 Å². The van der Waals surface area contributed by atoms with Crippen molar-refractivity contribution in [3.63, 3.8) is 0 Å². The zero-order valence-corrected chi connectivity index (χ0v) is 16.5. The molecule has 2 N–H and O–H groups in total. The van der Waals surface area contributed by atoms with Crippen molar-refractivity contribution in [1.82, 2.24) is 15.1 Å². The number of aryl methyl sites for hydroxylation is 2. The van der Waals surface area contributed by atoms with E-state index in [1.165, 1.54) is 0 Å². The SMILES string of the molecule is Cc1cc(NC(=O)[C@H]2CNC[C@@H]2c2cnn(C)c2)ccc1OC1CCOCC1. The molecular formula is C21H28N4O3. The minimum atomic E-state index is -0.109. The molecule has 4 rings (SSSR count). The molecule has 0 saturated carbocycles. The molecule has 1 aromatic heterocycles. The van der Waals surface area contributed by atoms with E-state index in [4.69, 9.17) is 9.47 Å². The third kappa shape index (κ3) is 4.20. The summed E-state index contributed by atoms with van der Waals surface area (Å²) in [6.45, 7) is 4.99. The summed E-state index contributed by atoms with van der Waals surface area (Å²) in [6, 6.07) is 5.85. The Hall–Kier alpha value is -2.38. The van der Waals surface area contributed by atoms with Gasteiger partial charge >= 0.3 is 0 Å². The molecular weight excluding hydrogens is 356 g/mol. The van der Waals surface area contributed by atoms with Crippen LogP contribution < -0.4 is 15.4 Å². The normalized spacial score (nSPS) is 22.9. The Bertz CT molecular complexity index is 829. The predicted molar refractivity (Wildman–Crippen MR) is 107 cm³/mol. The molecule has 1 aromatic carbocycles. The van der Waals surface area contributed by atoms with Gasteiger partial charge in [0.1, 0.15) is 11.9 Å². The van der Waals surface area contributed by atoms with Crippen LogP contribution in [-0.4, -0.2) is 48.1 Å². The molecule has 2 aliphatic rings. The maximum absolute atomic E-state index is 12.9. The number of hydrogen-bond donors (Lipinski definition) is 2. The van der Waals surface area contributed by atoms with Crippen LogP contribution in [0.3, 0.4) is 0 Å². The van der Waals surface area contributed by atoms with Gasteiger partial charge in [-0.15, -0.1) is 0 Å². The van der Waals surface area contributed by atoms with Crippen LogP contribution >= 0.6 is 0 Å². The summed E-state index contributed by atoms with van der Waals surface area (Å²) >= 11 is 0. The Morgan fingerprint density at radius 3 is 2.86 bits per heavy atom. The fourth-order valence-corrected chi connectivity index (χ4v) is 4.00. The van der Waals surface area contributed by atoms with Gasteiger partial charge in [-0.3, -0.25) is 9.48 Å². The zero-order valence-electron chi connectivity index (χ0n) is 16.5. The van der Waals surface area contributed by atoms with Crippen molar-refractivity contribution in [3.05, 3.63) is 41.7 Å². The van der Waals surface area contributed by atoms with Crippen LogP contribution in [-0.2, 0) is 16.6 Å². The first-order valence-corrected chi connectivity index (χ1v) is 9.95. The minimum Gasteiger partial charge on any atom is -0.490 e. The Labute approximate surface area is 165 Å². The van der Waals surface area contributed by atoms with Crippen LogP contribution in [0.4, 0.5) is 5.69 Å². The van der Waals surface area contributed by atoms with E-state index in [-0.39, 0.29) is 23.8 Å². The highest BCUT2D eigenvalue weighted by Crippen LogP contribution is 2.30. The largest absolute Gasteiger partial charge is 0.490 e. The lowest BCUT2D eigenvalue weighted by atomic mass is 9.90. The number of benzene rings is 1. The first-order chi connectivity index (χ1) is 13.6. The lowest BCUT2D eigenvalue weighted by molar-refractivity contribution is -0.119. The summed E-state index contributed by atoms with van der Waals surface area (Å²) in [5, 5.41) is 10.7. The summed E-state index contributed by atoms with van der Waals surface area (Å²) in [4.78, 5) is 12.9. The van der Waals surface area contributed by atoms with Crippen molar-refractivity contribution in [2.45, 2.75) is 31.8 Å². The molecule has 0 aliphatic carbocycles. The second-order valence-electron chi connectivity index (χ2n) is 7.72. The van der Waals surface area contributed by atoms with E-state index in [0.29, 0.717) is 6.54 Å². The van der Waals surface area contributed by atoms with E-state index < -0.39 is 0 Å². The Kier molecular flexibility index (Phi) is 5.64. The third-order valence-electron chi connectivity index (χ3n) is 5.61. The number of nitrogens with zero attached hydrogens (tertiary/aromatic N) is 2. The molecule has 0 bridgehead atoms. The highest BCUT2D eigenvalue weighted by Gasteiger charge is 2.34. The Morgan fingerprint density at radius 1 is 1.32 bits per heavy atom. The summed E-state index contributed by atoms with van der Waals surface area (Å²) in [6.07, 6.45) is 5.89. The van der Waals surface area contributed by atoms with Gasteiger partial charge < -0.3 is 20.1 Å². The van der Waals surface area contributed by atoms with Crippen molar-refractivity contribution >= 4 is 11.6 Å². The molecule has 28 heavy (non-hydrogen) atoms. The highest BCUT2D eigenvalue weighted by atomic mass is 16.5. The van der Waals surface area contributed by atoms with Gasteiger partial charge in [0.2, 0.25) is 5.91 Å². The fraction of sp³-hybridized carbons (Fsp3) is 0.524. The molecule has 2 aromatic rings. The van der Waals surface area contributed by atoms with Crippen molar-refractivity contribution in [1.29, 1.82) is 0 Å². The summed E-state index contributed by atoms with van der Waals surface area (Å²) < 4.78 is 13.3. The average Bonchev–Trinajstić information content (AvgIpc) is 3.33. The lowest BCUT2D eigenvalue weighted by Crippen LogP contribution is -2.28. The molecule has 0 unspecified atom stereocenters. The third-order valence-corrected chi connectivity index (χ3v) is 5.61. The molecule has 1 amide bonds. The van der Waals surface area contributed by atoms with E-state index in [2.05, 4.69) is 15.7 Å². The summed E-state index contributed by atoms with van der Waals surface area (Å²) in [5.74, 6) is 0.950. The van der Waals surface area contributed by atoms with Gasteiger partial charge in [0.15, 0.2) is 0 Å². The summed E-state index contributed by atoms with van der Waals surface area (Å²) in [5.41, 5.74) is 2.93. The molecule has 2 saturated heterocycles. The molecule has 7 heteroatoms. The number of amides is 1. The Balaban J connectivity index is 1.40. The number of ether oxygens (including phenoxy) is 2. The maximum Gasteiger partial charge on any atom is 0.229 e. The number of aromatic nitrogens is 2. The standard InChI is InChI=1S/C21H28N4O3/c1-14-9-16(3-4-20(14)28-17-5-7-27-8-6-17)24-21(26)19-12-22-11-18(19)15-10-23-25(2)13-15/h3-4,9-10,13,17-19,22H,5-8,11-12H2,1-2H3,(H,24,26)/t18-,19+/m1/s1. The van der Waals surface area contributed by atoms with Crippen LogP contribution in [0.25, 0.3) is 0 Å². The predicted octanol–water partition coefficient (Wildman–Crippen LogP) is 2.23. The van der Waals surface area contributed by atoms with Crippen LogP contribution in [0.1, 0.15) is 29.9 Å². The van der Waals surface area contributed by atoms with Crippen LogP contribution in [0.15, 0.2) is 30.6 Å². The van der Waals surface area contributed by atoms with Gasteiger partial charge in [-0.1, -0.05) is 0 Å². The molecule has 7 nitrogen and oxygen atoms in total. The first-order valence-electron chi connectivity index (χ1n) is 9.95. The second kappa shape index (κ2) is 8.32. The van der Waals surface area contributed by atoms with Gasteiger partial charge in [-0.2, -0.15) is 5.10 Å². The average molecular weight is 384 g/mol. The quantitative estimate of drug-likeness (QED) is 0.827. The lowest BCUT2D eigenvalue weighted by Gasteiger charge is -2.24. The van der Waals surface area contributed by atoms with E-state index in [0.717, 1.165) is 55.2 Å². The van der Waals surface area contributed by atoms with Crippen LogP contribution in [0, 0.1) is 12.8 Å². The number of carbonyl (C=O) groups excluding carboxylic acids is 1. The van der Waals surface area contributed by atoms with E-state index >= 15 is 0 Å². The van der Waals surface area contributed by atoms with Gasteiger partial charge in [-0.05, 0) is 36.2 Å². The van der Waals surface area contributed by atoms with Crippen molar-refractivity contribution in [3.8, 4) is 5.75 Å². The summed E-state index contributed by atoms with van der Waals surface area (Å²) in [7, 11) is 1.90. The molecule has 0 spiro atoms. The number of nitrogens with one attached hydrogen (secondary N) is 2.